The first-order chi connectivity index (χ1) is 9.34. The number of aromatic nitrogens is 4. The lowest BCUT2D eigenvalue weighted by atomic mass is 10.5. The molecule has 0 spiro atoms. The Morgan fingerprint density at radius 2 is 1.85 bits per heavy atom. The second-order valence-corrected chi connectivity index (χ2v) is 5.26. The van der Waals surface area contributed by atoms with Crippen LogP contribution in [0.15, 0.2) is 14.7 Å². The average Bonchev–Trinajstić information content (AvgIpc) is 2.71. The molecule has 0 aliphatic carbocycles. The number of hydrazone groups is 1. The Labute approximate surface area is 123 Å². The maximum absolute atomic E-state index is 12.1. The topological polar surface area (TPSA) is 86.2 Å². The van der Waals surface area contributed by atoms with E-state index in [2.05, 4.69) is 15.5 Å². The Hall–Kier alpha value is -1.80. The summed E-state index contributed by atoms with van der Waals surface area (Å²) in [5.41, 5.74) is 2.30. The molecule has 0 bridgehead atoms. The number of nitrogens with one attached hydrogen (secondary N) is 1. The van der Waals surface area contributed by atoms with Crippen molar-refractivity contribution in [3.8, 4) is 0 Å². The van der Waals surface area contributed by atoms with E-state index < -0.39 is 16.1 Å². The highest BCUT2D eigenvalue weighted by Gasteiger charge is 2.16. The molecule has 108 valence electrons. The van der Waals surface area contributed by atoms with Crippen LogP contribution in [0.1, 0.15) is 0 Å². The van der Waals surface area contributed by atoms with Crippen molar-refractivity contribution in [3.05, 3.63) is 20.8 Å². The van der Waals surface area contributed by atoms with Gasteiger partial charge in [0.1, 0.15) is 4.84 Å². The van der Waals surface area contributed by atoms with Gasteiger partial charge in [0.15, 0.2) is 11.2 Å². The zero-order chi connectivity index (χ0) is 15.0. The van der Waals surface area contributed by atoms with Gasteiger partial charge in [-0.15, -0.1) is 0 Å². The summed E-state index contributed by atoms with van der Waals surface area (Å²) in [6.45, 7) is 0. The Balaban J connectivity index is 2.65. The second kappa shape index (κ2) is 5.29. The maximum atomic E-state index is 12.1. The van der Waals surface area contributed by atoms with Crippen molar-refractivity contribution in [3.63, 3.8) is 0 Å². The zero-order valence-corrected chi connectivity index (χ0v) is 12.5. The third-order valence-electron chi connectivity index (χ3n) is 2.83. The molecule has 2 heterocycles. The van der Waals surface area contributed by atoms with Crippen molar-refractivity contribution in [2.75, 3.05) is 5.43 Å². The number of fused-ring (bicyclic) bond motifs is 1. The van der Waals surface area contributed by atoms with Crippen LogP contribution in [0.25, 0.3) is 11.2 Å². The van der Waals surface area contributed by atoms with E-state index in [-0.39, 0.29) is 5.65 Å². The van der Waals surface area contributed by atoms with Crippen molar-refractivity contribution >= 4 is 46.5 Å². The summed E-state index contributed by atoms with van der Waals surface area (Å²) < 4.78 is 3.81. The van der Waals surface area contributed by atoms with Crippen LogP contribution < -0.4 is 16.7 Å². The van der Waals surface area contributed by atoms with Crippen LogP contribution in [0, 0.1) is 0 Å². The van der Waals surface area contributed by atoms with E-state index in [0.29, 0.717) is 11.5 Å². The van der Waals surface area contributed by atoms with Crippen LogP contribution in [0.2, 0.25) is 0 Å². The van der Waals surface area contributed by atoms with Gasteiger partial charge in [-0.05, 0) is 0 Å². The van der Waals surface area contributed by atoms with E-state index in [0.717, 1.165) is 4.57 Å². The number of aryl methyl sites for hydroxylation is 2. The standard InChI is InChI=1S/C10H12Cl2N6O2/c1-16-6-7(14-9(16)15-13-4-5(11)12)17(2)10(20)18(3)8(6)19/h4-5H,1-3H3,(H,14,15)/b13-4+. The Morgan fingerprint density at radius 1 is 1.20 bits per heavy atom. The van der Waals surface area contributed by atoms with E-state index in [1.54, 1.807) is 7.05 Å². The van der Waals surface area contributed by atoms with Crippen molar-refractivity contribution in [2.24, 2.45) is 26.2 Å². The van der Waals surface area contributed by atoms with E-state index in [1.165, 1.54) is 29.4 Å². The molecule has 0 saturated heterocycles. The van der Waals surface area contributed by atoms with Crippen LogP contribution in [0.3, 0.4) is 0 Å². The van der Waals surface area contributed by atoms with Gasteiger partial charge in [0, 0.05) is 21.1 Å². The molecular formula is C10H12Cl2N6O2. The van der Waals surface area contributed by atoms with Crippen LogP contribution in [-0.4, -0.2) is 29.7 Å². The van der Waals surface area contributed by atoms with Crippen molar-refractivity contribution in [1.82, 2.24) is 18.7 Å². The van der Waals surface area contributed by atoms with Crippen molar-refractivity contribution in [2.45, 2.75) is 4.84 Å². The molecule has 0 aromatic carbocycles. The monoisotopic (exact) mass is 318 g/mol. The largest absolute Gasteiger partial charge is 0.332 e. The van der Waals surface area contributed by atoms with E-state index in [1.807, 2.05) is 0 Å². The normalized spacial score (nSPS) is 11.9. The van der Waals surface area contributed by atoms with Gasteiger partial charge in [0.2, 0.25) is 5.95 Å². The summed E-state index contributed by atoms with van der Waals surface area (Å²) >= 11 is 11.0. The number of nitrogens with zero attached hydrogens (tertiary/aromatic N) is 5. The summed E-state index contributed by atoms with van der Waals surface area (Å²) in [4.78, 5) is 27.3. The molecule has 1 N–H and O–H groups in total. The van der Waals surface area contributed by atoms with Crippen molar-refractivity contribution < 1.29 is 0 Å². The highest BCUT2D eigenvalue weighted by molar-refractivity contribution is 6.51. The molecule has 2 rings (SSSR count). The molecular weight excluding hydrogens is 307 g/mol. The third-order valence-corrected chi connectivity index (χ3v) is 3.05. The number of anilines is 1. The second-order valence-electron chi connectivity index (χ2n) is 4.10. The predicted octanol–water partition coefficient (Wildman–Crippen LogP) is 0.172. The molecule has 0 fully saturated rings. The highest BCUT2D eigenvalue weighted by Crippen LogP contribution is 2.13. The number of hydrogen-bond acceptors (Lipinski definition) is 5. The summed E-state index contributed by atoms with van der Waals surface area (Å²) in [5, 5.41) is 3.78. The van der Waals surface area contributed by atoms with Crippen molar-refractivity contribution in [1.29, 1.82) is 0 Å². The first kappa shape index (κ1) is 14.6. The quantitative estimate of drug-likeness (QED) is 0.496. The fraction of sp³-hybridized carbons (Fsp3) is 0.400. The van der Waals surface area contributed by atoms with Crippen LogP contribution >= 0.6 is 23.2 Å². The molecule has 0 saturated carbocycles. The molecule has 20 heavy (non-hydrogen) atoms. The summed E-state index contributed by atoms with van der Waals surface area (Å²) in [6, 6.07) is 0. The number of alkyl halides is 2. The van der Waals surface area contributed by atoms with Gasteiger partial charge in [-0.2, -0.15) is 10.1 Å². The first-order valence-electron chi connectivity index (χ1n) is 5.54. The molecule has 8 nitrogen and oxygen atoms in total. The molecule has 0 aliphatic heterocycles. The first-order valence-corrected chi connectivity index (χ1v) is 6.41. The smallest absolute Gasteiger partial charge is 0.306 e. The van der Waals surface area contributed by atoms with E-state index in [4.69, 9.17) is 23.2 Å². The van der Waals surface area contributed by atoms with Crippen LogP contribution in [0.5, 0.6) is 0 Å². The van der Waals surface area contributed by atoms with E-state index in [9.17, 15) is 9.59 Å². The van der Waals surface area contributed by atoms with Crippen LogP contribution in [0.4, 0.5) is 5.95 Å². The lowest BCUT2D eigenvalue weighted by molar-refractivity contribution is 0.705. The molecule has 0 amide bonds. The molecule has 2 aromatic rings. The van der Waals surface area contributed by atoms with Gasteiger partial charge in [0.05, 0.1) is 6.21 Å². The number of halogens is 2. The Bertz CT molecular complexity index is 801. The maximum Gasteiger partial charge on any atom is 0.332 e. The van der Waals surface area contributed by atoms with Gasteiger partial charge in [-0.3, -0.25) is 13.9 Å². The predicted molar refractivity (Wildman–Crippen MR) is 78.8 cm³/mol. The van der Waals surface area contributed by atoms with Gasteiger partial charge in [-0.1, -0.05) is 23.2 Å². The van der Waals surface area contributed by atoms with Crippen LogP contribution in [-0.2, 0) is 21.1 Å². The van der Waals surface area contributed by atoms with Gasteiger partial charge in [-0.25, -0.2) is 10.2 Å². The summed E-state index contributed by atoms with van der Waals surface area (Å²) in [7, 11) is 4.59. The Kier molecular flexibility index (Phi) is 3.87. The average molecular weight is 319 g/mol. The summed E-state index contributed by atoms with van der Waals surface area (Å²) in [5.74, 6) is 0.295. The highest BCUT2D eigenvalue weighted by atomic mass is 35.5. The third kappa shape index (κ3) is 2.32. The lowest BCUT2D eigenvalue weighted by Crippen LogP contribution is -2.37. The fourth-order valence-electron chi connectivity index (χ4n) is 1.77. The molecule has 0 unspecified atom stereocenters. The molecule has 0 atom stereocenters. The fourth-order valence-corrected chi connectivity index (χ4v) is 1.88. The van der Waals surface area contributed by atoms with Gasteiger partial charge >= 0.3 is 5.69 Å². The van der Waals surface area contributed by atoms with Gasteiger partial charge in [0.25, 0.3) is 5.56 Å². The molecule has 0 aliphatic rings. The van der Waals surface area contributed by atoms with Gasteiger partial charge < -0.3 is 4.57 Å². The minimum Gasteiger partial charge on any atom is -0.306 e. The summed E-state index contributed by atoms with van der Waals surface area (Å²) in [6.07, 6.45) is 1.26. The molecule has 0 radical (unpaired) electrons. The zero-order valence-electron chi connectivity index (χ0n) is 11.0. The minimum absolute atomic E-state index is 0.270. The Morgan fingerprint density at radius 3 is 2.45 bits per heavy atom. The number of imidazole rings is 1. The number of rotatable bonds is 3. The SMILES string of the molecule is Cn1c(=O)c2c(nc(N/N=C/C(Cl)Cl)n2C)n(C)c1=O. The molecule has 10 heteroatoms. The lowest BCUT2D eigenvalue weighted by Gasteiger charge is -2.03. The minimum atomic E-state index is -0.755. The number of hydrogen-bond donors (Lipinski definition) is 1. The van der Waals surface area contributed by atoms with E-state index >= 15 is 0 Å². The molecule has 2 aromatic heterocycles.